The van der Waals surface area contributed by atoms with Crippen molar-refractivity contribution in [1.82, 2.24) is 0 Å². The van der Waals surface area contributed by atoms with Gasteiger partial charge in [0.05, 0.1) is 25.3 Å². The summed E-state index contributed by atoms with van der Waals surface area (Å²) < 4.78 is 9.34. The molecule has 2 N–H and O–H groups in total. The average Bonchev–Trinajstić information content (AvgIpc) is 3.00. The summed E-state index contributed by atoms with van der Waals surface area (Å²) in [5.74, 6) is -1.48. The zero-order valence-corrected chi connectivity index (χ0v) is 23.1. The van der Waals surface area contributed by atoms with Crippen LogP contribution in [-0.4, -0.2) is 38.0 Å². The maximum atomic E-state index is 12.5. The van der Waals surface area contributed by atoms with Crippen molar-refractivity contribution in [3.63, 3.8) is 0 Å². The first-order valence-electron chi connectivity index (χ1n) is 11.9. The van der Waals surface area contributed by atoms with E-state index in [2.05, 4.69) is 20.1 Å². The van der Waals surface area contributed by atoms with Crippen LogP contribution < -0.4 is 10.6 Å². The molecule has 4 aromatic rings. The fraction of sp³-hybridized carbons (Fsp3) is 0.0667. The fourth-order valence-electron chi connectivity index (χ4n) is 3.44. The molecule has 4 aromatic carbocycles. The summed E-state index contributed by atoms with van der Waals surface area (Å²) in [6.45, 7) is 0. The molecule has 4 rings (SSSR count). The van der Waals surface area contributed by atoms with Crippen LogP contribution >= 0.6 is 21.6 Å². The second kappa shape index (κ2) is 13.5. The Hall–Kier alpha value is -4.54. The number of amides is 2. The number of rotatable bonds is 9. The Kier molecular flexibility index (Phi) is 9.61. The minimum Gasteiger partial charge on any atom is -0.465 e. The van der Waals surface area contributed by atoms with Gasteiger partial charge in [-0.2, -0.15) is 0 Å². The molecule has 40 heavy (non-hydrogen) atoms. The summed E-state index contributed by atoms with van der Waals surface area (Å²) in [5.41, 5.74) is 2.91. The molecule has 2 amide bonds. The average molecular weight is 573 g/mol. The molecule has 0 saturated carbocycles. The number of hydrogen-bond donors (Lipinski definition) is 2. The number of carbonyl (C=O) groups excluding carboxylic acids is 4. The van der Waals surface area contributed by atoms with E-state index in [1.54, 1.807) is 70.1 Å². The lowest BCUT2D eigenvalue weighted by atomic mass is 10.1. The smallest absolute Gasteiger partial charge is 0.337 e. The monoisotopic (exact) mass is 572 g/mol. The highest BCUT2D eigenvalue weighted by atomic mass is 33.1. The number of hydrogen-bond acceptors (Lipinski definition) is 8. The van der Waals surface area contributed by atoms with E-state index in [0.717, 1.165) is 9.79 Å². The highest BCUT2D eigenvalue weighted by Gasteiger charge is 2.11. The van der Waals surface area contributed by atoms with Crippen molar-refractivity contribution in [3.05, 3.63) is 119 Å². The van der Waals surface area contributed by atoms with Crippen molar-refractivity contribution in [3.8, 4) is 0 Å². The molecule has 0 saturated heterocycles. The third-order valence-corrected chi connectivity index (χ3v) is 8.01. The molecule has 0 atom stereocenters. The van der Waals surface area contributed by atoms with Crippen molar-refractivity contribution in [1.29, 1.82) is 0 Å². The molecule has 0 fully saturated rings. The number of nitrogens with one attached hydrogen (secondary N) is 2. The summed E-state index contributed by atoms with van der Waals surface area (Å²) in [6.07, 6.45) is 0. The van der Waals surface area contributed by atoms with E-state index < -0.39 is 11.9 Å². The Morgan fingerprint density at radius 3 is 1.07 bits per heavy atom. The lowest BCUT2D eigenvalue weighted by Crippen LogP contribution is -2.12. The standard InChI is InChI=1S/C30H24N2O6S2/c1-37-29(35)21-7-3-19(4-8-21)27(33)31-23-11-15-25(16-12-23)39-40-26-17-13-24(14-18-26)32-28(34)20-5-9-22(10-6-20)30(36)38-2/h3-18H,1-2H3,(H,31,33)(H,32,34). The fourth-order valence-corrected chi connectivity index (χ4v) is 5.37. The maximum absolute atomic E-state index is 12.5. The lowest BCUT2D eigenvalue weighted by molar-refractivity contribution is 0.0592. The van der Waals surface area contributed by atoms with Gasteiger partial charge in [0.15, 0.2) is 0 Å². The van der Waals surface area contributed by atoms with Crippen molar-refractivity contribution in [2.45, 2.75) is 9.79 Å². The van der Waals surface area contributed by atoms with E-state index in [9.17, 15) is 19.2 Å². The second-order valence-corrected chi connectivity index (χ2v) is 10.5. The first kappa shape index (κ1) is 28.5. The van der Waals surface area contributed by atoms with Crippen molar-refractivity contribution in [2.24, 2.45) is 0 Å². The van der Waals surface area contributed by atoms with Crippen molar-refractivity contribution < 1.29 is 28.7 Å². The van der Waals surface area contributed by atoms with Gasteiger partial charge in [-0.3, -0.25) is 9.59 Å². The van der Waals surface area contributed by atoms with Gasteiger partial charge in [-0.05, 0) is 97.1 Å². The summed E-state index contributed by atoms with van der Waals surface area (Å²) >= 11 is 0. The van der Waals surface area contributed by atoms with Crippen LogP contribution in [0.3, 0.4) is 0 Å². The Morgan fingerprint density at radius 1 is 0.475 bits per heavy atom. The van der Waals surface area contributed by atoms with E-state index in [-0.39, 0.29) is 11.8 Å². The van der Waals surface area contributed by atoms with Gasteiger partial charge in [0.1, 0.15) is 0 Å². The van der Waals surface area contributed by atoms with Crippen LogP contribution in [0, 0.1) is 0 Å². The first-order chi connectivity index (χ1) is 19.4. The SMILES string of the molecule is COC(=O)c1ccc(C(=O)Nc2ccc(SSc3ccc(NC(=O)c4ccc(C(=O)OC)cc4)cc3)cc2)cc1. The normalized spacial score (nSPS) is 10.3. The van der Waals surface area contributed by atoms with Gasteiger partial charge in [0, 0.05) is 32.3 Å². The van der Waals surface area contributed by atoms with Gasteiger partial charge in [-0.25, -0.2) is 9.59 Å². The summed E-state index contributed by atoms with van der Waals surface area (Å²) in [4.78, 5) is 50.1. The summed E-state index contributed by atoms with van der Waals surface area (Å²) in [6, 6.07) is 27.4. The van der Waals surface area contributed by atoms with Gasteiger partial charge in [0.25, 0.3) is 11.8 Å². The number of ether oxygens (including phenoxy) is 2. The van der Waals surface area contributed by atoms with Crippen LogP contribution in [0.25, 0.3) is 0 Å². The molecular formula is C30H24N2O6S2. The minimum atomic E-state index is -0.457. The van der Waals surface area contributed by atoms with Gasteiger partial charge in [-0.15, -0.1) is 0 Å². The molecule has 0 spiro atoms. The van der Waals surface area contributed by atoms with E-state index in [1.807, 2.05) is 48.5 Å². The molecule has 0 aliphatic carbocycles. The van der Waals surface area contributed by atoms with E-state index in [0.29, 0.717) is 33.6 Å². The zero-order valence-electron chi connectivity index (χ0n) is 21.5. The molecule has 0 bridgehead atoms. The topological polar surface area (TPSA) is 111 Å². The van der Waals surface area contributed by atoms with E-state index in [1.165, 1.54) is 14.2 Å². The Labute approximate surface area is 238 Å². The Bertz CT molecular complexity index is 1390. The third kappa shape index (κ3) is 7.52. The molecule has 0 aliphatic heterocycles. The number of carbonyl (C=O) groups is 4. The largest absolute Gasteiger partial charge is 0.465 e. The van der Waals surface area contributed by atoms with Crippen LogP contribution in [0.2, 0.25) is 0 Å². The highest BCUT2D eigenvalue weighted by Crippen LogP contribution is 2.38. The van der Waals surface area contributed by atoms with E-state index >= 15 is 0 Å². The van der Waals surface area contributed by atoms with Crippen LogP contribution in [0.5, 0.6) is 0 Å². The molecule has 0 unspecified atom stereocenters. The molecule has 0 aromatic heterocycles. The first-order valence-corrected chi connectivity index (χ1v) is 14.1. The van der Waals surface area contributed by atoms with Crippen LogP contribution in [0.15, 0.2) is 107 Å². The van der Waals surface area contributed by atoms with Gasteiger partial charge >= 0.3 is 11.9 Å². The quantitative estimate of drug-likeness (QED) is 0.171. The van der Waals surface area contributed by atoms with Crippen LogP contribution in [-0.2, 0) is 9.47 Å². The van der Waals surface area contributed by atoms with Gasteiger partial charge in [0.2, 0.25) is 0 Å². The number of benzene rings is 4. The molecule has 0 heterocycles. The Balaban J connectivity index is 1.26. The van der Waals surface area contributed by atoms with Gasteiger partial charge in [-0.1, -0.05) is 21.6 Å². The number of methoxy groups -OCH3 is 2. The molecular weight excluding hydrogens is 548 g/mol. The molecule has 0 radical (unpaired) electrons. The Morgan fingerprint density at radius 2 is 0.775 bits per heavy atom. The second-order valence-electron chi connectivity index (χ2n) is 8.26. The predicted molar refractivity (Wildman–Crippen MR) is 156 cm³/mol. The number of esters is 2. The molecule has 202 valence electrons. The van der Waals surface area contributed by atoms with E-state index in [4.69, 9.17) is 0 Å². The maximum Gasteiger partial charge on any atom is 0.337 e. The summed E-state index contributed by atoms with van der Waals surface area (Å²) in [7, 11) is 5.73. The van der Waals surface area contributed by atoms with Crippen LogP contribution in [0.1, 0.15) is 41.4 Å². The summed E-state index contributed by atoms with van der Waals surface area (Å²) in [5, 5.41) is 5.68. The third-order valence-electron chi connectivity index (χ3n) is 5.59. The molecule has 8 nitrogen and oxygen atoms in total. The lowest BCUT2D eigenvalue weighted by Gasteiger charge is -2.08. The number of anilines is 2. The van der Waals surface area contributed by atoms with Crippen molar-refractivity contribution >= 4 is 56.7 Å². The minimum absolute atomic E-state index is 0.281. The van der Waals surface area contributed by atoms with Gasteiger partial charge < -0.3 is 20.1 Å². The zero-order chi connectivity index (χ0) is 28.5. The van der Waals surface area contributed by atoms with Crippen LogP contribution in [0.4, 0.5) is 11.4 Å². The highest BCUT2D eigenvalue weighted by molar-refractivity contribution is 8.76. The molecule has 0 aliphatic rings. The molecule has 10 heteroatoms. The van der Waals surface area contributed by atoms with Crippen molar-refractivity contribution in [2.75, 3.05) is 24.9 Å². The predicted octanol–water partition coefficient (Wildman–Crippen LogP) is 6.56.